The Morgan fingerprint density at radius 1 is 0.417 bits per heavy atom. The summed E-state index contributed by atoms with van der Waals surface area (Å²) in [6, 6.07) is 50.5. The van der Waals surface area contributed by atoms with Gasteiger partial charge in [0.25, 0.3) is 0 Å². The lowest BCUT2D eigenvalue weighted by Gasteiger charge is -2.18. The molecule has 2 unspecified atom stereocenters. The molecule has 5 heteroatoms. The van der Waals surface area contributed by atoms with Gasteiger partial charge in [0.2, 0.25) is 28.5 Å². The van der Waals surface area contributed by atoms with Crippen LogP contribution in [0.1, 0.15) is 225 Å². The zero-order chi connectivity index (χ0) is 84.8. The molecule has 11 rings (SSSR count). The van der Waals surface area contributed by atoms with Gasteiger partial charge in [0.1, 0.15) is 35.2 Å². The van der Waals surface area contributed by atoms with Gasteiger partial charge in [0.05, 0.1) is 0 Å². The number of pyridine rings is 5. The Morgan fingerprint density at radius 2 is 0.771 bits per heavy atom. The van der Waals surface area contributed by atoms with E-state index in [0.717, 1.165) is 86.5 Å². The number of hydrogen-bond acceptors (Lipinski definition) is 0. The van der Waals surface area contributed by atoms with Gasteiger partial charge in [-0.1, -0.05) is 173 Å². The number of nitrogens with zero attached hydrogens (tertiary/aromatic N) is 5. The van der Waals surface area contributed by atoms with Crippen LogP contribution < -0.4 is 22.8 Å². The highest BCUT2D eigenvalue weighted by Gasteiger charge is 2.26. The van der Waals surface area contributed by atoms with Crippen molar-refractivity contribution in [2.24, 2.45) is 47.1 Å². The second-order valence-corrected chi connectivity index (χ2v) is 27.3. The van der Waals surface area contributed by atoms with E-state index in [0.29, 0.717) is 22.6 Å². The van der Waals surface area contributed by atoms with Crippen LogP contribution in [0.25, 0.3) is 56.3 Å². The monoisotopic (exact) mass is 1300 g/mol. The molecule has 504 valence electrons. The van der Waals surface area contributed by atoms with E-state index in [1.165, 1.54) is 65.8 Å². The molecule has 2 atom stereocenters. The maximum absolute atomic E-state index is 8.77. The maximum Gasteiger partial charge on any atom is 0.212 e. The summed E-state index contributed by atoms with van der Waals surface area (Å²) in [4.78, 5) is 0. The zero-order valence-corrected chi connectivity index (χ0v) is 61.3. The third kappa shape index (κ3) is 19.1. The van der Waals surface area contributed by atoms with Crippen molar-refractivity contribution in [3.63, 3.8) is 0 Å². The van der Waals surface area contributed by atoms with Crippen LogP contribution in [0.4, 0.5) is 0 Å². The number of aryl methyl sites for hydroxylation is 15. The van der Waals surface area contributed by atoms with Gasteiger partial charge in [-0.25, -0.2) is 22.8 Å². The predicted octanol–water partition coefficient (Wildman–Crippen LogP) is 21.1. The maximum atomic E-state index is 8.77. The summed E-state index contributed by atoms with van der Waals surface area (Å²) < 4.78 is 145. The molecule has 0 radical (unpaired) electrons. The Bertz CT molecular complexity index is 4970. The molecule has 96 heavy (non-hydrogen) atoms. The molecule has 0 amide bonds. The second-order valence-electron chi connectivity index (χ2n) is 27.3. The highest BCUT2D eigenvalue weighted by atomic mass is 14.9. The lowest BCUT2D eigenvalue weighted by atomic mass is 9.87. The molecule has 1 fully saturated rings. The van der Waals surface area contributed by atoms with Crippen molar-refractivity contribution in [2.45, 2.75) is 193 Å². The van der Waals surface area contributed by atoms with E-state index in [4.69, 9.17) is 23.3 Å². The molecule has 1 saturated carbocycles. The Balaban J connectivity index is 0.000000196. The van der Waals surface area contributed by atoms with Gasteiger partial charge in [-0.15, -0.1) is 0 Å². The first-order chi connectivity index (χ1) is 52.1. The summed E-state index contributed by atoms with van der Waals surface area (Å²) in [5.41, 5.74) is 22.9. The van der Waals surface area contributed by atoms with Crippen LogP contribution in [0.5, 0.6) is 0 Å². The number of aromatic nitrogens is 5. The summed E-state index contributed by atoms with van der Waals surface area (Å²) in [7, 11) is 9.56. The van der Waals surface area contributed by atoms with E-state index in [1.807, 2.05) is 167 Å². The molecular weight excluding hydrogens is 1160 g/mol. The van der Waals surface area contributed by atoms with Crippen LogP contribution in [-0.2, 0) is 48.0 Å². The van der Waals surface area contributed by atoms with Crippen molar-refractivity contribution in [3.05, 3.63) is 266 Å². The second kappa shape index (κ2) is 34.7. The summed E-state index contributed by atoms with van der Waals surface area (Å²) in [6.45, 7) is 20.2. The van der Waals surface area contributed by atoms with Crippen molar-refractivity contribution in [2.75, 3.05) is 0 Å². The molecular formula is C91H120N5+5. The van der Waals surface area contributed by atoms with Gasteiger partial charge in [-0.2, -0.15) is 0 Å². The highest BCUT2D eigenvalue weighted by molar-refractivity contribution is 5.65. The number of benzene rings is 5. The average Bonchev–Trinajstić information content (AvgIpc) is 1.20. The van der Waals surface area contributed by atoms with Gasteiger partial charge in [0.15, 0.2) is 31.0 Å². The first kappa shape index (κ1) is 53.9. The Kier molecular flexibility index (Phi) is 19.5. The van der Waals surface area contributed by atoms with E-state index in [9.17, 15) is 0 Å². The standard InChI is InChI=1S/C19H24N.C19H26N.2C18H24N.C17H22N/c1-14-8-4-7-11-17(14)19-12-15(2)18(13-20(19)3)16-9-5-6-10-16;1-13(2)16(5)18-11-19(20(6)12-15(18)4)17-10-8-7-9-14(17)3;1-13(2)10-16-11-18(19(5)12-15(16)4)17-9-7-6-8-14(17)3;1-6-15-11-18(16-10-8-7-9-14(16)4)19(5)12-17(15)13(2)3;1-12(2)16-10-17(18(5)11-14(16)4)15-9-7-6-8-13(15)3/h4,7-8,11-13,16H,5-6,9-10H2,1-3H3;7-13,16H,1-6H3;6-9,11-13H,10H2,1-5H3;7-13H,6H2,1-5H3;6-12H,1-5H3/q5*+1/i16D;4D3,16D;4D3;2D3,6D2,13D;4D3. The molecule has 5 nitrogen and oxygen atoms in total. The minimum atomic E-state index is -2.57. The van der Waals surface area contributed by atoms with Crippen LogP contribution in [0.3, 0.4) is 0 Å². The van der Waals surface area contributed by atoms with Crippen molar-refractivity contribution >= 4 is 0 Å². The Morgan fingerprint density at radius 3 is 1.15 bits per heavy atom. The minimum Gasteiger partial charge on any atom is -0.201 e. The summed E-state index contributed by atoms with van der Waals surface area (Å²) in [5.74, 6) is -2.67. The van der Waals surface area contributed by atoms with Crippen LogP contribution in [0, 0.1) is 73.9 Å². The molecule has 0 aliphatic heterocycles. The molecule has 5 aromatic carbocycles. The van der Waals surface area contributed by atoms with Gasteiger partial charge in [0, 0.05) is 109 Å². The quantitative estimate of drug-likeness (QED) is 0.103. The molecule has 5 aromatic heterocycles. The van der Waals surface area contributed by atoms with E-state index in [-0.39, 0.29) is 34.4 Å². The van der Waals surface area contributed by atoms with E-state index < -0.39 is 45.6 Å². The van der Waals surface area contributed by atoms with Crippen LogP contribution in [0.2, 0.25) is 0 Å². The minimum absolute atomic E-state index is 0.00368. The SMILES string of the molecule is [2H]C([2H])(C)c1cc(-c2ccccc2C)[n+](C)cc1C([2H])(C)C([2H])([2H])[2H].[2H]C([2H])([2H])c1c[n+](C)c(-c2ccccc2C)cc1C(C)C.[2H]C([2H])([2H])c1c[n+](C)c(-c2ccccc2C)cc1C([2H])(C)C(C)C.[2H]C([2H])([2H])c1c[n+](C)c(-c2ccccc2C)cc1CC(C)C.[2H]C1(c2c[n+](C)c(-c3ccccc3C)cc2C)CCCC1. The molecule has 0 N–H and O–H groups in total. The highest BCUT2D eigenvalue weighted by Crippen LogP contribution is 2.37. The molecule has 0 spiro atoms. The Labute approximate surface area is 606 Å². The van der Waals surface area contributed by atoms with Gasteiger partial charge >= 0.3 is 0 Å². The van der Waals surface area contributed by atoms with Crippen molar-refractivity contribution in [3.8, 4) is 56.3 Å². The smallest absolute Gasteiger partial charge is 0.201 e. The van der Waals surface area contributed by atoms with E-state index >= 15 is 0 Å². The van der Waals surface area contributed by atoms with Gasteiger partial charge in [-0.3, -0.25) is 0 Å². The largest absolute Gasteiger partial charge is 0.212 e. The fraction of sp³-hybridized carbons (Fsp3) is 0.396. The molecule has 0 bridgehead atoms. The lowest BCUT2D eigenvalue weighted by Crippen LogP contribution is -2.32. The topological polar surface area (TPSA) is 19.4 Å². The summed E-state index contributed by atoms with van der Waals surface area (Å²) in [5, 5.41) is 0. The fourth-order valence-electron chi connectivity index (χ4n) is 12.7. The third-order valence-electron chi connectivity index (χ3n) is 18.6. The molecule has 1 aliphatic carbocycles. The lowest BCUT2D eigenvalue weighted by molar-refractivity contribution is -0.661. The summed E-state index contributed by atoms with van der Waals surface area (Å²) >= 11 is 0. The third-order valence-corrected chi connectivity index (χ3v) is 18.6. The molecule has 1 aliphatic rings. The van der Waals surface area contributed by atoms with Gasteiger partial charge in [-0.05, 0) is 209 Å². The summed E-state index contributed by atoms with van der Waals surface area (Å²) in [6.07, 6.45) is 12.3. The zero-order valence-electron chi connectivity index (χ0n) is 78.3. The van der Waals surface area contributed by atoms with Crippen molar-refractivity contribution in [1.82, 2.24) is 0 Å². The van der Waals surface area contributed by atoms with Crippen molar-refractivity contribution in [1.29, 1.82) is 0 Å². The first-order valence-electron chi connectivity index (χ1n) is 42.6. The van der Waals surface area contributed by atoms with Crippen LogP contribution in [-0.4, -0.2) is 0 Å². The molecule has 5 heterocycles. The van der Waals surface area contributed by atoms with E-state index in [1.54, 1.807) is 49.4 Å². The predicted molar refractivity (Wildman–Crippen MR) is 408 cm³/mol. The van der Waals surface area contributed by atoms with Crippen molar-refractivity contribution < 1.29 is 46.1 Å². The average molecular weight is 1300 g/mol. The molecule has 10 aromatic rings. The van der Waals surface area contributed by atoms with Crippen LogP contribution >= 0.6 is 0 Å². The Hall–Kier alpha value is -8.15. The number of rotatable bonds is 13. The normalized spacial score (nSPS) is 16.9. The first-order valence-corrected chi connectivity index (χ1v) is 34.1. The van der Waals surface area contributed by atoms with Crippen LogP contribution in [0.15, 0.2) is 183 Å². The molecule has 0 saturated heterocycles. The fourth-order valence-corrected chi connectivity index (χ4v) is 12.7. The number of hydrogen-bond donors (Lipinski definition) is 0. The van der Waals surface area contributed by atoms with Gasteiger partial charge < -0.3 is 0 Å². The van der Waals surface area contributed by atoms with E-state index in [2.05, 4.69) is 114 Å².